The molecule has 0 aliphatic carbocycles. The van der Waals surface area contributed by atoms with Gasteiger partial charge in [0.25, 0.3) is 5.91 Å². The number of aliphatic carboxylic acids is 1. The maximum Gasteiger partial charge on any atom is 0.306 e. The Kier molecular flexibility index (Phi) is 4.86. The first-order valence-electron chi connectivity index (χ1n) is 6.31. The molecule has 21 heavy (non-hydrogen) atoms. The van der Waals surface area contributed by atoms with Crippen LogP contribution in [-0.2, 0) is 14.3 Å². The first-order chi connectivity index (χ1) is 9.95. The number of nitrogens with zero attached hydrogens (tertiary/aromatic N) is 2. The molecular weight excluding hydrogens is 298 g/mol. The highest BCUT2D eigenvalue weighted by Gasteiger charge is 2.27. The van der Waals surface area contributed by atoms with E-state index in [0.29, 0.717) is 18.3 Å². The molecule has 1 aromatic rings. The Morgan fingerprint density at radius 3 is 3.00 bits per heavy atom. The second kappa shape index (κ2) is 6.64. The van der Waals surface area contributed by atoms with E-state index in [1.165, 1.54) is 23.2 Å². The second-order valence-electron chi connectivity index (χ2n) is 4.56. The van der Waals surface area contributed by atoms with Crippen molar-refractivity contribution >= 4 is 34.3 Å². The Labute approximate surface area is 124 Å². The molecule has 1 fully saturated rings. The van der Waals surface area contributed by atoms with Crippen LogP contribution >= 0.6 is 11.3 Å². The van der Waals surface area contributed by atoms with Crippen LogP contribution in [0.2, 0.25) is 0 Å². The van der Waals surface area contributed by atoms with Crippen LogP contribution in [0.15, 0.2) is 5.38 Å². The summed E-state index contributed by atoms with van der Waals surface area (Å²) in [4.78, 5) is 39.5. The minimum Gasteiger partial charge on any atom is -0.481 e. The average molecular weight is 313 g/mol. The van der Waals surface area contributed by atoms with E-state index in [1.54, 1.807) is 5.38 Å². The number of carbonyl (C=O) groups is 3. The Hall–Kier alpha value is -2.00. The summed E-state index contributed by atoms with van der Waals surface area (Å²) < 4.78 is 5.31. The maximum absolute atomic E-state index is 12.3. The van der Waals surface area contributed by atoms with Crippen LogP contribution in [0.25, 0.3) is 0 Å². The van der Waals surface area contributed by atoms with Gasteiger partial charge >= 0.3 is 5.97 Å². The zero-order valence-electron chi connectivity index (χ0n) is 11.4. The van der Waals surface area contributed by atoms with Gasteiger partial charge in [-0.15, -0.1) is 11.3 Å². The number of carboxylic acids is 1. The molecule has 1 aliphatic heterocycles. The Balaban J connectivity index is 2.00. The molecule has 8 nitrogen and oxygen atoms in total. The lowest BCUT2D eigenvalue weighted by Crippen LogP contribution is -2.46. The number of hydrogen-bond acceptors (Lipinski definition) is 6. The van der Waals surface area contributed by atoms with E-state index in [9.17, 15) is 14.4 Å². The summed E-state index contributed by atoms with van der Waals surface area (Å²) in [7, 11) is 0. The Morgan fingerprint density at radius 2 is 2.33 bits per heavy atom. The van der Waals surface area contributed by atoms with Gasteiger partial charge in [0.2, 0.25) is 5.91 Å². The van der Waals surface area contributed by atoms with E-state index in [2.05, 4.69) is 10.3 Å². The molecule has 1 saturated heterocycles. The average Bonchev–Trinajstić information content (AvgIpc) is 2.85. The number of nitrogens with one attached hydrogen (secondary N) is 1. The lowest BCUT2D eigenvalue weighted by molar-refractivity contribution is -0.141. The molecule has 0 spiro atoms. The third kappa shape index (κ3) is 4.23. The topological polar surface area (TPSA) is 109 Å². The van der Waals surface area contributed by atoms with Gasteiger partial charge < -0.3 is 20.1 Å². The monoisotopic (exact) mass is 313 g/mol. The van der Waals surface area contributed by atoms with Gasteiger partial charge in [-0.05, 0) is 0 Å². The summed E-state index contributed by atoms with van der Waals surface area (Å²) in [5.41, 5.74) is 0.236. The quantitative estimate of drug-likeness (QED) is 0.833. The van der Waals surface area contributed by atoms with Crippen molar-refractivity contribution < 1.29 is 24.2 Å². The maximum atomic E-state index is 12.3. The first kappa shape index (κ1) is 15.4. The molecule has 2 heterocycles. The molecule has 2 rings (SSSR count). The lowest BCUT2D eigenvalue weighted by atomic mass is 10.2. The third-order valence-electron chi connectivity index (χ3n) is 2.83. The summed E-state index contributed by atoms with van der Waals surface area (Å²) in [6.45, 7) is 2.27. The van der Waals surface area contributed by atoms with Gasteiger partial charge in [-0.1, -0.05) is 0 Å². The number of rotatable bonds is 4. The van der Waals surface area contributed by atoms with E-state index in [1.807, 2.05) is 0 Å². The SMILES string of the molecule is CC(=O)Nc1nc(C(=O)N2CCOC(CC(=O)O)C2)cs1. The number of carbonyl (C=O) groups excluding carboxylic acids is 2. The van der Waals surface area contributed by atoms with Crippen molar-refractivity contribution in [2.24, 2.45) is 0 Å². The van der Waals surface area contributed by atoms with Crippen LogP contribution in [0.4, 0.5) is 5.13 Å². The van der Waals surface area contributed by atoms with Crippen LogP contribution in [-0.4, -0.2) is 58.6 Å². The van der Waals surface area contributed by atoms with Crippen molar-refractivity contribution in [2.45, 2.75) is 19.4 Å². The molecule has 1 unspecified atom stereocenters. The number of ether oxygens (including phenoxy) is 1. The summed E-state index contributed by atoms with van der Waals surface area (Å²) in [6.07, 6.45) is -0.647. The number of anilines is 1. The third-order valence-corrected chi connectivity index (χ3v) is 3.59. The molecule has 0 bridgehead atoms. The van der Waals surface area contributed by atoms with Crippen molar-refractivity contribution in [3.05, 3.63) is 11.1 Å². The van der Waals surface area contributed by atoms with Crippen LogP contribution in [0.5, 0.6) is 0 Å². The summed E-state index contributed by atoms with van der Waals surface area (Å²) >= 11 is 1.17. The van der Waals surface area contributed by atoms with E-state index >= 15 is 0 Å². The van der Waals surface area contributed by atoms with Crippen molar-refractivity contribution in [3.63, 3.8) is 0 Å². The van der Waals surface area contributed by atoms with Crippen molar-refractivity contribution in [1.29, 1.82) is 0 Å². The number of morpholine rings is 1. The summed E-state index contributed by atoms with van der Waals surface area (Å²) in [6, 6.07) is 0. The van der Waals surface area contributed by atoms with Gasteiger partial charge in [0.1, 0.15) is 5.69 Å². The zero-order valence-corrected chi connectivity index (χ0v) is 12.2. The fraction of sp³-hybridized carbons (Fsp3) is 0.500. The molecule has 0 aromatic carbocycles. The van der Waals surface area contributed by atoms with Crippen LogP contribution in [0.3, 0.4) is 0 Å². The molecule has 114 valence electrons. The molecule has 0 radical (unpaired) electrons. The minimum absolute atomic E-state index is 0.141. The standard InChI is InChI=1S/C12H15N3O5S/c1-7(16)13-12-14-9(6-21-12)11(19)15-2-3-20-8(5-15)4-10(17)18/h6,8H,2-5H2,1H3,(H,17,18)(H,13,14,16). The number of hydrogen-bond donors (Lipinski definition) is 2. The zero-order chi connectivity index (χ0) is 15.4. The number of thiazole rings is 1. The van der Waals surface area contributed by atoms with Crippen LogP contribution in [0, 0.1) is 0 Å². The molecule has 1 aromatic heterocycles. The fourth-order valence-electron chi connectivity index (χ4n) is 1.96. The summed E-state index contributed by atoms with van der Waals surface area (Å²) in [5, 5.41) is 13.2. The van der Waals surface area contributed by atoms with Gasteiger partial charge in [0.05, 0.1) is 19.1 Å². The van der Waals surface area contributed by atoms with Gasteiger partial charge in [0, 0.05) is 25.4 Å². The number of amides is 2. The van der Waals surface area contributed by atoms with E-state index in [0.717, 1.165) is 0 Å². The van der Waals surface area contributed by atoms with Gasteiger partial charge in [-0.3, -0.25) is 14.4 Å². The predicted molar refractivity (Wildman–Crippen MR) is 74.3 cm³/mol. The van der Waals surface area contributed by atoms with E-state index in [4.69, 9.17) is 9.84 Å². The predicted octanol–water partition coefficient (Wildman–Crippen LogP) is 0.417. The minimum atomic E-state index is -0.962. The second-order valence-corrected chi connectivity index (χ2v) is 5.42. The molecule has 1 atom stereocenters. The van der Waals surface area contributed by atoms with E-state index < -0.39 is 12.1 Å². The van der Waals surface area contributed by atoms with Crippen molar-refractivity contribution in [3.8, 4) is 0 Å². The molecule has 1 aliphatic rings. The molecular formula is C12H15N3O5S. The summed E-state index contributed by atoms with van der Waals surface area (Å²) in [5.74, 6) is -1.51. The fourth-order valence-corrected chi connectivity index (χ4v) is 2.69. The van der Waals surface area contributed by atoms with Crippen molar-refractivity contribution in [2.75, 3.05) is 25.0 Å². The largest absolute Gasteiger partial charge is 0.481 e. The van der Waals surface area contributed by atoms with Gasteiger partial charge in [0.15, 0.2) is 5.13 Å². The normalized spacial score (nSPS) is 18.3. The number of carboxylic acid groups (broad SMARTS) is 1. The first-order valence-corrected chi connectivity index (χ1v) is 7.19. The highest BCUT2D eigenvalue weighted by molar-refractivity contribution is 7.14. The number of aromatic nitrogens is 1. The molecule has 9 heteroatoms. The van der Waals surface area contributed by atoms with Crippen LogP contribution in [0.1, 0.15) is 23.8 Å². The van der Waals surface area contributed by atoms with Gasteiger partial charge in [-0.2, -0.15) is 0 Å². The smallest absolute Gasteiger partial charge is 0.306 e. The van der Waals surface area contributed by atoms with Gasteiger partial charge in [-0.25, -0.2) is 4.98 Å². The van der Waals surface area contributed by atoms with Crippen LogP contribution < -0.4 is 5.32 Å². The van der Waals surface area contributed by atoms with E-state index in [-0.39, 0.29) is 30.5 Å². The highest BCUT2D eigenvalue weighted by Crippen LogP contribution is 2.18. The van der Waals surface area contributed by atoms with Crippen molar-refractivity contribution in [1.82, 2.24) is 9.88 Å². The molecule has 2 N–H and O–H groups in total. The Bertz CT molecular complexity index is 559. The molecule has 0 saturated carbocycles. The lowest BCUT2D eigenvalue weighted by Gasteiger charge is -2.31. The molecule has 2 amide bonds. The Morgan fingerprint density at radius 1 is 1.57 bits per heavy atom. The highest BCUT2D eigenvalue weighted by atomic mass is 32.1.